The SMILES string of the molecule is Nc1ccc(/C(=C/c2ccccc2[N+](=O)[O-])C(=O)O)cc1. The molecule has 0 fully saturated rings. The van der Waals surface area contributed by atoms with Crippen LogP contribution in [0.4, 0.5) is 11.4 Å². The highest BCUT2D eigenvalue weighted by Crippen LogP contribution is 2.25. The van der Waals surface area contributed by atoms with Gasteiger partial charge in [-0.15, -0.1) is 0 Å². The minimum absolute atomic E-state index is 0.0377. The number of carboxylic acid groups (broad SMARTS) is 1. The topological polar surface area (TPSA) is 106 Å². The summed E-state index contributed by atoms with van der Waals surface area (Å²) in [7, 11) is 0. The van der Waals surface area contributed by atoms with E-state index in [-0.39, 0.29) is 16.8 Å². The summed E-state index contributed by atoms with van der Waals surface area (Å²) in [5.41, 5.74) is 6.55. The minimum atomic E-state index is -1.17. The monoisotopic (exact) mass is 284 g/mol. The van der Waals surface area contributed by atoms with Gasteiger partial charge in [0.15, 0.2) is 0 Å². The molecule has 0 saturated heterocycles. The Kier molecular flexibility index (Phi) is 3.99. The summed E-state index contributed by atoms with van der Waals surface area (Å²) in [6.45, 7) is 0. The Labute approximate surface area is 120 Å². The van der Waals surface area contributed by atoms with Crippen molar-refractivity contribution in [1.82, 2.24) is 0 Å². The molecule has 0 amide bonds. The minimum Gasteiger partial charge on any atom is -0.478 e. The standard InChI is InChI=1S/C15H12N2O4/c16-12-7-5-10(6-8-12)13(15(18)19)9-11-3-1-2-4-14(11)17(20)21/h1-9H,16H2,(H,18,19)/b13-9-. The molecule has 0 spiro atoms. The molecule has 0 radical (unpaired) electrons. The van der Waals surface area contributed by atoms with Gasteiger partial charge in [0, 0.05) is 11.8 Å². The molecule has 0 saturated carbocycles. The van der Waals surface area contributed by atoms with Crippen LogP contribution >= 0.6 is 0 Å². The number of hydrogen-bond acceptors (Lipinski definition) is 4. The summed E-state index contributed by atoms with van der Waals surface area (Å²) in [4.78, 5) is 21.8. The molecule has 0 aliphatic heterocycles. The molecule has 2 rings (SSSR count). The number of carbonyl (C=O) groups is 1. The zero-order valence-corrected chi connectivity index (χ0v) is 10.9. The Hall–Kier alpha value is -3.15. The Morgan fingerprint density at radius 2 is 1.76 bits per heavy atom. The van der Waals surface area contributed by atoms with Crippen LogP contribution in [-0.2, 0) is 4.79 Å². The zero-order chi connectivity index (χ0) is 15.4. The summed E-state index contributed by atoms with van der Waals surface area (Å²) in [5, 5.41) is 20.3. The lowest BCUT2D eigenvalue weighted by molar-refractivity contribution is -0.385. The first-order valence-corrected chi connectivity index (χ1v) is 6.03. The van der Waals surface area contributed by atoms with Crippen LogP contribution < -0.4 is 5.73 Å². The van der Waals surface area contributed by atoms with E-state index < -0.39 is 10.9 Å². The van der Waals surface area contributed by atoms with Crippen molar-refractivity contribution in [2.75, 3.05) is 5.73 Å². The van der Waals surface area contributed by atoms with Crippen molar-refractivity contribution < 1.29 is 14.8 Å². The highest BCUT2D eigenvalue weighted by Gasteiger charge is 2.15. The Bertz CT molecular complexity index is 721. The number of nitro groups is 1. The summed E-state index contributed by atoms with van der Waals surface area (Å²) >= 11 is 0. The van der Waals surface area contributed by atoms with Crippen LogP contribution in [0.3, 0.4) is 0 Å². The molecule has 21 heavy (non-hydrogen) atoms. The summed E-state index contributed by atoms with van der Waals surface area (Å²) in [5.74, 6) is -1.17. The van der Waals surface area contributed by atoms with Gasteiger partial charge in [0.1, 0.15) is 0 Å². The lowest BCUT2D eigenvalue weighted by atomic mass is 10.0. The van der Waals surface area contributed by atoms with E-state index in [2.05, 4.69) is 0 Å². The average Bonchev–Trinajstić information content (AvgIpc) is 2.46. The van der Waals surface area contributed by atoms with Gasteiger partial charge in [-0.1, -0.05) is 24.3 Å². The Morgan fingerprint density at radius 3 is 2.33 bits per heavy atom. The first kappa shape index (κ1) is 14.3. The number of para-hydroxylation sites is 1. The van der Waals surface area contributed by atoms with Crippen molar-refractivity contribution in [3.05, 3.63) is 69.8 Å². The molecule has 6 nitrogen and oxygen atoms in total. The maximum Gasteiger partial charge on any atom is 0.336 e. The third-order valence-electron chi connectivity index (χ3n) is 2.89. The van der Waals surface area contributed by atoms with Gasteiger partial charge in [-0.05, 0) is 29.8 Å². The lowest BCUT2D eigenvalue weighted by Gasteiger charge is -2.04. The maximum absolute atomic E-state index is 11.4. The quantitative estimate of drug-likeness (QED) is 0.295. The molecule has 106 valence electrons. The number of benzene rings is 2. The number of nitrogens with zero attached hydrogens (tertiary/aromatic N) is 1. The highest BCUT2D eigenvalue weighted by molar-refractivity contribution is 6.21. The highest BCUT2D eigenvalue weighted by atomic mass is 16.6. The fourth-order valence-electron chi connectivity index (χ4n) is 1.86. The molecule has 2 aromatic rings. The van der Waals surface area contributed by atoms with Gasteiger partial charge in [-0.3, -0.25) is 10.1 Å². The van der Waals surface area contributed by atoms with Crippen LogP contribution in [0.15, 0.2) is 48.5 Å². The predicted octanol–water partition coefficient (Wildman–Crippen LogP) is 2.80. The number of rotatable bonds is 4. The summed E-state index contributed by atoms with van der Waals surface area (Å²) in [6.07, 6.45) is 1.28. The first-order chi connectivity index (χ1) is 9.99. The van der Waals surface area contributed by atoms with Crippen LogP contribution in [0.2, 0.25) is 0 Å². The van der Waals surface area contributed by atoms with Gasteiger partial charge < -0.3 is 10.8 Å². The molecule has 0 aliphatic carbocycles. The lowest BCUT2D eigenvalue weighted by Crippen LogP contribution is -2.01. The second-order valence-electron chi connectivity index (χ2n) is 4.30. The molecule has 3 N–H and O–H groups in total. The van der Waals surface area contributed by atoms with E-state index >= 15 is 0 Å². The molecule has 0 aliphatic rings. The maximum atomic E-state index is 11.4. The molecular formula is C15H12N2O4. The molecule has 0 heterocycles. The van der Waals surface area contributed by atoms with Crippen LogP contribution in [0.25, 0.3) is 11.6 Å². The van der Waals surface area contributed by atoms with Gasteiger partial charge in [-0.2, -0.15) is 0 Å². The number of hydrogen-bond donors (Lipinski definition) is 2. The molecule has 6 heteroatoms. The van der Waals surface area contributed by atoms with Crippen molar-refractivity contribution in [3.63, 3.8) is 0 Å². The smallest absolute Gasteiger partial charge is 0.336 e. The Morgan fingerprint density at radius 1 is 1.14 bits per heavy atom. The molecular weight excluding hydrogens is 272 g/mol. The van der Waals surface area contributed by atoms with Crippen LogP contribution in [0, 0.1) is 10.1 Å². The number of nitro benzene ring substituents is 1. The first-order valence-electron chi connectivity index (χ1n) is 6.03. The second kappa shape index (κ2) is 5.87. The third-order valence-corrected chi connectivity index (χ3v) is 2.89. The van der Waals surface area contributed by atoms with Gasteiger partial charge >= 0.3 is 5.97 Å². The van der Waals surface area contributed by atoms with E-state index in [0.717, 1.165) is 0 Å². The van der Waals surface area contributed by atoms with Gasteiger partial charge in [0.25, 0.3) is 5.69 Å². The molecule has 0 bridgehead atoms. The summed E-state index contributed by atoms with van der Waals surface area (Å²) < 4.78 is 0. The van der Waals surface area contributed by atoms with E-state index in [1.165, 1.54) is 24.3 Å². The molecule has 0 atom stereocenters. The predicted molar refractivity (Wildman–Crippen MR) is 79.5 cm³/mol. The van der Waals surface area contributed by atoms with E-state index in [9.17, 15) is 20.0 Å². The normalized spacial score (nSPS) is 11.1. The van der Waals surface area contributed by atoms with Crippen LogP contribution in [0.1, 0.15) is 11.1 Å². The second-order valence-corrected chi connectivity index (χ2v) is 4.30. The van der Waals surface area contributed by atoms with Crippen LogP contribution in [0.5, 0.6) is 0 Å². The van der Waals surface area contributed by atoms with Crippen molar-refractivity contribution in [1.29, 1.82) is 0 Å². The van der Waals surface area contributed by atoms with Crippen molar-refractivity contribution in [2.45, 2.75) is 0 Å². The average molecular weight is 284 g/mol. The van der Waals surface area contributed by atoms with Gasteiger partial charge in [0.05, 0.1) is 16.1 Å². The largest absolute Gasteiger partial charge is 0.478 e. The van der Waals surface area contributed by atoms with Crippen molar-refractivity contribution >= 4 is 29.0 Å². The van der Waals surface area contributed by atoms with E-state index in [1.807, 2.05) is 0 Å². The number of nitrogens with two attached hydrogens (primary N) is 1. The van der Waals surface area contributed by atoms with Gasteiger partial charge in [0.2, 0.25) is 0 Å². The van der Waals surface area contributed by atoms with Crippen molar-refractivity contribution in [2.24, 2.45) is 0 Å². The van der Waals surface area contributed by atoms with E-state index in [1.54, 1.807) is 30.3 Å². The van der Waals surface area contributed by atoms with Crippen molar-refractivity contribution in [3.8, 4) is 0 Å². The number of aliphatic carboxylic acids is 1. The van der Waals surface area contributed by atoms with E-state index in [4.69, 9.17) is 5.73 Å². The fourth-order valence-corrected chi connectivity index (χ4v) is 1.86. The van der Waals surface area contributed by atoms with E-state index in [0.29, 0.717) is 11.3 Å². The summed E-state index contributed by atoms with van der Waals surface area (Å²) in [6, 6.07) is 12.2. The molecule has 0 aromatic heterocycles. The Balaban J connectivity index is 2.56. The zero-order valence-electron chi connectivity index (χ0n) is 10.9. The number of carboxylic acids is 1. The fraction of sp³-hybridized carbons (Fsp3) is 0. The van der Waals surface area contributed by atoms with Gasteiger partial charge in [-0.25, -0.2) is 4.79 Å². The molecule has 0 unspecified atom stereocenters. The number of nitrogen functional groups attached to an aromatic ring is 1. The van der Waals surface area contributed by atoms with Crippen LogP contribution in [-0.4, -0.2) is 16.0 Å². The third kappa shape index (κ3) is 3.24. The number of anilines is 1. The molecule has 2 aromatic carbocycles.